The predicted molar refractivity (Wildman–Crippen MR) is 37.7 cm³/mol. The maximum atomic E-state index is 12.7. The molecule has 0 aliphatic rings. The van der Waals surface area contributed by atoms with Crippen molar-refractivity contribution < 1.29 is 18.3 Å². The number of halogens is 4. The van der Waals surface area contributed by atoms with Crippen molar-refractivity contribution in [3.05, 3.63) is 28.0 Å². The Labute approximate surface area is 71.4 Å². The molecule has 66 valence electrons. The van der Waals surface area contributed by atoms with Gasteiger partial charge >= 0.3 is 0 Å². The molecular formula is C7H4ClF3O. The molecule has 0 saturated carbocycles. The highest BCUT2D eigenvalue weighted by Gasteiger charge is 2.20. The summed E-state index contributed by atoms with van der Waals surface area (Å²) in [6, 6.07) is 0. The van der Waals surface area contributed by atoms with Crippen molar-refractivity contribution in [2.24, 2.45) is 0 Å². The molecule has 5 heteroatoms. The van der Waals surface area contributed by atoms with Crippen LogP contribution in [0.5, 0.6) is 5.75 Å². The van der Waals surface area contributed by atoms with Crippen molar-refractivity contribution in [1.82, 2.24) is 0 Å². The normalized spacial score (nSPS) is 10.4. The zero-order valence-electron chi connectivity index (χ0n) is 5.96. The zero-order valence-corrected chi connectivity index (χ0v) is 6.72. The van der Waals surface area contributed by atoms with Crippen molar-refractivity contribution in [3.63, 3.8) is 0 Å². The lowest BCUT2D eigenvalue weighted by Gasteiger charge is -2.04. The summed E-state index contributed by atoms with van der Waals surface area (Å²) in [4.78, 5) is 0. The van der Waals surface area contributed by atoms with Crippen molar-refractivity contribution in [3.8, 4) is 5.75 Å². The van der Waals surface area contributed by atoms with Crippen LogP contribution in [0.25, 0.3) is 0 Å². The maximum absolute atomic E-state index is 12.7. The summed E-state index contributed by atoms with van der Waals surface area (Å²) < 4.78 is 37.9. The van der Waals surface area contributed by atoms with E-state index in [9.17, 15) is 13.2 Å². The Balaban J connectivity index is 3.60. The number of aromatic hydroxyl groups is 1. The second-order valence-corrected chi connectivity index (χ2v) is 2.61. The highest BCUT2D eigenvalue weighted by Crippen LogP contribution is 2.33. The summed E-state index contributed by atoms with van der Waals surface area (Å²) in [5.74, 6) is -5.12. The van der Waals surface area contributed by atoms with Gasteiger partial charge in [0.1, 0.15) is 5.02 Å². The SMILES string of the molecule is Cc1c(F)c(O)c(Cl)c(F)c1F. The molecule has 1 rings (SSSR count). The summed E-state index contributed by atoms with van der Waals surface area (Å²) in [7, 11) is 0. The van der Waals surface area contributed by atoms with E-state index in [-0.39, 0.29) is 0 Å². The lowest BCUT2D eigenvalue weighted by Crippen LogP contribution is -1.95. The summed E-state index contributed by atoms with van der Waals surface area (Å²) in [6.07, 6.45) is 0. The number of benzene rings is 1. The van der Waals surface area contributed by atoms with Gasteiger partial charge in [-0.1, -0.05) is 11.6 Å². The largest absolute Gasteiger partial charge is 0.504 e. The minimum Gasteiger partial charge on any atom is -0.504 e. The average Bonchev–Trinajstić information content (AvgIpc) is 2.08. The van der Waals surface area contributed by atoms with Gasteiger partial charge in [0.05, 0.1) is 0 Å². The first kappa shape index (κ1) is 9.19. The Kier molecular flexibility index (Phi) is 2.19. The lowest BCUT2D eigenvalue weighted by atomic mass is 10.2. The highest BCUT2D eigenvalue weighted by molar-refractivity contribution is 6.32. The van der Waals surface area contributed by atoms with Gasteiger partial charge in [0.15, 0.2) is 23.2 Å². The highest BCUT2D eigenvalue weighted by atomic mass is 35.5. The summed E-state index contributed by atoms with van der Waals surface area (Å²) in [5, 5.41) is 7.84. The van der Waals surface area contributed by atoms with Gasteiger partial charge in [-0.3, -0.25) is 0 Å². The quantitative estimate of drug-likeness (QED) is 0.500. The molecule has 0 heterocycles. The van der Waals surface area contributed by atoms with Crippen LogP contribution in [0.4, 0.5) is 13.2 Å². The molecule has 0 saturated heterocycles. The second-order valence-electron chi connectivity index (χ2n) is 2.23. The molecule has 0 fully saturated rings. The molecular weight excluding hydrogens is 193 g/mol. The van der Waals surface area contributed by atoms with Crippen LogP contribution >= 0.6 is 11.6 Å². The predicted octanol–water partition coefficient (Wildman–Crippen LogP) is 2.77. The van der Waals surface area contributed by atoms with Gasteiger partial charge in [-0.05, 0) is 6.92 Å². The summed E-state index contributed by atoms with van der Waals surface area (Å²) >= 11 is 5.06. The molecule has 1 aromatic carbocycles. The molecule has 0 spiro atoms. The third kappa shape index (κ3) is 1.12. The van der Waals surface area contributed by atoms with E-state index in [0.29, 0.717) is 0 Å². The van der Waals surface area contributed by atoms with E-state index in [1.54, 1.807) is 0 Å². The third-order valence-corrected chi connectivity index (χ3v) is 1.80. The van der Waals surface area contributed by atoms with Crippen LogP contribution < -0.4 is 0 Å². The molecule has 0 atom stereocenters. The van der Waals surface area contributed by atoms with E-state index in [0.717, 1.165) is 6.92 Å². The van der Waals surface area contributed by atoms with Crippen molar-refractivity contribution in [1.29, 1.82) is 0 Å². The molecule has 0 aliphatic heterocycles. The molecule has 0 radical (unpaired) electrons. The second kappa shape index (κ2) is 2.86. The average molecular weight is 197 g/mol. The molecule has 1 nitrogen and oxygen atoms in total. The van der Waals surface area contributed by atoms with Crippen molar-refractivity contribution in [2.45, 2.75) is 6.92 Å². The maximum Gasteiger partial charge on any atom is 0.181 e. The minimum atomic E-state index is -1.44. The van der Waals surface area contributed by atoms with Gasteiger partial charge in [0.2, 0.25) is 0 Å². The fourth-order valence-corrected chi connectivity index (χ4v) is 0.901. The number of rotatable bonds is 0. The minimum absolute atomic E-state index is 0.589. The Morgan fingerprint density at radius 3 is 2.08 bits per heavy atom. The van der Waals surface area contributed by atoms with Crippen molar-refractivity contribution in [2.75, 3.05) is 0 Å². The molecule has 0 aliphatic carbocycles. The molecule has 0 unspecified atom stereocenters. The van der Waals surface area contributed by atoms with Crippen LogP contribution in [-0.2, 0) is 0 Å². The van der Waals surface area contributed by atoms with Gasteiger partial charge in [-0.2, -0.15) is 0 Å². The molecule has 12 heavy (non-hydrogen) atoms. The van der Waals surface area contributed by atoms with Crippen LogP contribution in [0.3, 0.4) is 0 Å². The first-order chi connectivity index (χ1) is 5.46. The van der Waals surface area contributed by atoms with Crippen LogP contribution in [0.2, 0.25) is 5.02 Å². The molecule has 1 N–H and O–H groups in total. The number of hydrogen-bond donors (Lipinski definition) is 1. The van der Waals surface area contributed by atoms with Crippen LogP contribution in [0.1, 0.15) is 5.56 Å². The van der Waals surface area contributed by atoms with E-state index in [2.05, 4.69) is 0 Å². The standard InChI is InChI=1S/C7H4ClF3O/c1-2-4(9)6(11)3(8)7(12)5(2)10/h12H,1H3. The number of phenolic OH excluding ortho intramolecular Hbond substituents is 1. The summed E-state index contributed by atoms with van der Waals surface area (Å²) in [6.45, 7) is 1.00. The van der Waals surface area contributed by atoms with Crippen LogP contribution in [-0.4, -0.2) is 5.11 Å². The van der Waals surface area contributed by atoms with Crippen molar-refractivity contribution >= 4 is 11.6 Å². The van der Waals surface area contributed by atoms with E-state index in [4.69, 9.17) is 16.7 Å². The Bertz CT molecular complexity index is 233. The smallest absolute Gasteiger partial charge is 0.181 e. The van der Waals surface area contributed by atoms with Gasteiger partial charge in [-0.25, -0.2) is 13.2 Å². The van der Waals surface area contributed by atoms with Gasteiger partial charge in [0.25, 0.3) is 0 Å². The fourth-order valence-electron chi connectivity index (χ4n) is 0.735. The van der Waals surface area contributed by atoms with E-state index in [1.807, 2.05) is 0 Å². The molecule has 0 bridgehead atoms. The Morgan fingerprint density at radius 2 is 1.58 bits per heavy atom. The first-order valence-corrected chi connectivity index (χ1v) is 3.36. The zero-order chi connectivity index (χ0) is 9.46. The number of phenols is 1. The van der Waals surface area contributed by atoms with Gasteiger partial charge in [0, 0.05) is 5.56 Å². The molecule has 0 amide bonds. The van der Waals surface area contributed by atoms with E-state index >= 15 is 0 Å². The summed E-state index contributed by atoms with van der Waals surface area (Å²) in [5.41, 5.74) is -0.589. The number of hydrogen-bond acceptors (Lipinski definition) is 1. The van der Waals surface area contributed by atoms with Crippen LogP contribution in [0, 0.1) is 24.4 Å². The first-order valence-electron chi connectivity index (χ1n) is 2.98. The van der Waals surface area contributed by atoms with Crippen LogP contribution in [0.15, 0.2) is 0 Å². The van der Waals surface area contributed by atoms with E-state index in [1.165, 1.54) is 0 Å². The van der Waals surface area contributed by atoms with Gasteiger partial charge < -0.3 is 5.11 Å². The monoisotopic (exact) mass is 196 g/mol. The fraction of sp³-hybridized carbons (Fsp3) is 0.143. The van der Waals surface area contributed by atoms with E-state index < -0.39 is 33.8 Å². The Morgan fingerprint density at radius 1 is 1.08 bits per heavy atom. The van der Waals surface area contributed by atoms with Gasteiger partial charge in [-0.15, -0.1) is 0 Å². The third-order valence-electron chi connectivity index (χ3n) is 1.46. The lowest BCUT2D eigenvalue weighted by molar-refractivity contribution is 0.409. The molecule has 1 aromatic rings. The molecule has 0 aromatic heterocycles. The topological polar surface area (TPSA) is 20.2 Å². The Hall–Kier alpha value is -0.900.